The second-order valence-corrected chi connectivity index (χ2v) is 5.38. The van der Waals surface area contributed by atoms with E-state index >= 15 is 0 Å². The van der Waals surface area contributed by atoms with Crippen molar-refractivity contribution in [3.05, 3.63) is 17.5 Å². The lowest BCUT2D eigenvalue weighted by Gasteiger charge is -2.41. The van der Waals surface area contributed by atoms with Gasteiger partial charge in [0, 0.05) is 12.6 Å². The Balaban J connectivity index is 3.18. The first kappa shape index (κ1) is 14.2. The van der Waals surface area contributed by atoms with E-state index < -0.39 is 0 Å². The predicted octanol–water partition coefficient (Wildman–Crippen LogP) is 1.72. The molecule has 0 bridgehead atoms. The lowest BCUT2D eigenvalue weighted by molar-refractivity contribution is 0.134. The Morgan fingerprint density at radius 1 is 1.47 bits per heavy atom. The fourth-order valence-electron chi connectivity index (χ4n) is 2.11. The van der Waals surface area contributed by atoms with Gasteiger partial charge in [-0.1, -0.05) is 6.92 Å². The third-order valence-corrected chi connectivity index (χ3v) is 3.72. The quantitative estimate of drug-likeness (QED) is 0.848. The van der Waals surface area contributed by atoms with Gasteiger partial charge in [-0.2, -0.15) is 5.10 Å². The fourth-order valence-corrected chi connectivity index (χ4v) is 2.11. The number of nitrogens with one attached hydrogen (secondary N) is 1. The number of hydrogen-bond acceptors (Lipinski definition) is 3. The highest BCUT2D eigenvalue weighted by Crippen LogP contribution is 2.30. The molecule has 1 aromatic heterocycles. The van der Waals surface area contributed by atoms with Crippen molar-refractivity contribution in [1.29, 1.82) is 0 Å². The number of aromatic nitrogens is 2. The lowest BCUT2D eigenvalue weighted by atomic mass is 9.89. The molecular formula is C13H26N4. The summed E-state index contributed by atoms with van der Waals surface area (Å²) in [6.07, 6.45) is 1.94. The average Bonchev–Trinajstić information content (AvgIpc) is 2.55. The summed E-state index contributed by atoms with van der Waals surface area (Å²) in [7, 11) is 6.25. The Bertz CT molecular complexity index is 346. The van der Waals surface area contributed by atoms with Crippen LogP contribution in [0.2, 0.25) is 0 Å². The number of hydrogen-bond donors (Lipinski definition) is 1. The number of rotatable bonds is 5. The number of likely N-dealkylation sites (N-methyl/N-ethyl adjacent to an activating group) is 2. The van der Waals surface area contributed by atoms with Gasteiger partial charge in [0.2, 0.25) is 0 Å². The van der Waals surface area contributed by atoms with Gasteiger partial charge in [0.25, 0.3) is 0 Å². The van der Waals surface area contributed by atoms with Crippen molar-refractivity contribution in [1.82, 2.24) is 20.0 Å². The van der Waals surface area contributed by atoms with Gasteiger partial charge >= 0.3 is 0 Å². The van der Waals surface area contributed by atoms with E-state index in [9.17, 15) is 0 Å². The minimum Gasteiger partial charge on any atom is -0.307 e. The zero-order chi connectivity index (χ0) is 13.2. The van der Waals surface area contributed by atoms with Crippen LogP contribution < -0.4 is 5.32 Å². The van der Waals surface area contributed by atoms with Crippen molar-refractivity contribution in [3.8, 4) is 0 Å². The second kappa shape index (κ2) is 5.19. The summed E-state index contributed by atoms with van der Waals surface area (Å²) in [4.78, 5) is 2.26. The third kappa shape index (κ3) is 2.69. The molecule has 1 atom stereocenters. The maximum absolute atomic E-state index is 4.35. The molecule has 1 N–H and O–H groups in total. The third-order valence-electron chi connectivity index (χ3n) is 3.72. The summed E-state index contributed by atoms with van der Waals surface area (Å²) in [5.41, 5.74) is 2.55. The molecule has 0 saturated carbocycles. The van der Waals surface area contributed by atoms with E-state index in [1.165, 1.54) is 11.3 Å². The van der Waals surface area contributed by atoms with Crippen LogP contribution in [-0.2, 0) is 7.05 Å². The maximum Gasteiger partial charge on any atom is 0.0675 e. The minimum atomic E-state index is 0.0363. The molecule has 98 valence electrons. The molecule has 1 unspecified atom stereocenters. The van der Waals surface area contributed by atoms with Gasteiger partial charge in [-0.15, -0.1) is 0 Å². The predicted molar refractivity (Wildman–Crippen MR) is 72.1 cm³/mol. The van der Waals surface area contributed by atoms with Crippen LogP contribution in [0.15, 0.2) is 6.20 Å². The average molecular weight is 238 g/mol. The van der Waals surface area contributed by atoms with Crippen LogP contribution >= 0.6 is 0 Å². The van der Waals surface area contributed by atoms with Crippen LogP contribution in [0, 0.1) is 6.92 Å². The van der Waals surface area contributed by atoms with Gasteiger partial charge in [-0.3, -0.25) is 4.68 Å². The molecule has 0 fully saturated rings. The van der Waals surface area contributed by atoms with Crippen molar-refractivity contribution in [2.75, 3.05) is 20.6 Å². The summed E-state index contributed by atoms with van der Waals surface area (Å²) >= 11 is 0. The molecule has 0 aliphatic carbocycles. The van der Waals surface area contributed by atoms with Crippen LogP contribution in [0.5, 0.6) is 0 Å². The van der Waals surface area contributed by atoms with E-state index in [0.717, 1.165) is 6.54 Å². The minimum absolute atomic E-state index is 0.0363. The SMILES string of the molecule is CCNC(c1c(C)cnn1C)C(C)(C)N(C)C. The topological polar surface area (TPSA) is 33.1 Å². The molecule has 0 spiro atoms. The van der Waals surface area contributed by atoms with Crippen LogP contribution in [0.25, 0.3) is 0 Å². The Morgan fingerprint density at radius 3 is 2.41 bits per heavy atom. The summed E-state index contributed by atoms with van der Waals surface area (Å²) < 4.78 is 1.98. The standard InChI is InChI=1S/C13H26N4/c1-8-14-12(13(3,4)16(5)6)11-10(2)9-15-17(11)7/h9,12,14H,8H2,1-7H3. The molecule has 17 heavy (non-hydrogen) atoms. The Morgan fingerprint density at radius 2 is 2.06 bits per heavy atom. The highest BCUT2D eigenvalue weighted by atomic mass is 15.3. The van der Waals surface area contributed by atoms with Gasteiger partial charge in [0.05, 0.1) is 17.9 Å². The Kier molecular flexibility index (Phi) is 4.33. The van der Waals surface area contributed by atoms with Crippen molar-refractivity contribution < 1.29 is 0 Å². The molecule has 4 nitrogen and oxygen atoms in total. The van der Waals surface area contributed by atoms with Crippen LogP contribution in [-0.4, -0.2) is 40.9 Å². The zero-order valence-electron chi connectivity index (χ0n) is 12.2. The van der Waals surface area contributed by atoms with E-state index in [-0.39, 0.29) is 11.6 Å². The normalized spacial score (nSPS) is 14.4. The van der Waals surface area contributed by atoms with Crippen molar-refractivity contribution >= 4 is 0 Å². The summed E-state index contributed by atoms with van der Waals surface area (Å²) in [6, 6.07) is 0.273. The van der Waals surface area contributed by atoms with E-state index in [2.05, 4.69) is 57.1 Å². The van der Waals surface area contributed by atoms with E-state index in [1.807, 2.05) is 17.9 Å². The number of nitrogens with zero attached hydrogens (tertiary/aromatic N) is 3. The molecule has 1 heterocycles. The van der Waals surface area contributed by atoms with Gasteiger partial charge in [-0.05, 0) is 47.0 Å². The van der Waals surface area contributed by atoms with Crippen molar-refractivity contribution in [2.24, 2.45) is 7.05 Å². The fraction of sp³-hybridized carbons (Fsp3) is 0.769. The Labute approximate surface area is 105 Å². The van der Waals surface area contributed by atoms with Crippen LogP contribution in [0.4, 0.5) is 0 Å². The molecule has 0 amide bonds. The zero-order valence-corrected chi connectivity index (χ0v) is 12.2. The first-order valence-corrected chi connectivity index (χ1v) is 6.21. The summed E-state index contributed by atoms with van der Waals surface area (Å²) in [5, 5.41) is 7.94. The lowest BCUT2D eigenvalue weighted by Crippen LogP contribution is -2.50. The first-order valence-electron chi connectivity index (χ1n) is 6.21. The highest BCUT2D eigenvalue weighted by molar-refractivity contribution is 5.23. The first-order chi connectivity index (χ1) is 7.82. The highest BCUT2D eigenvalue weighted by Gasteiger charge is 2.34. The van der Waals surface area contributed by atoms with Crippen molar-refractivity contribution in [2.45, 2.75) is 39.3 Å². The van der Waals surface area contributed by atoms with E-state index in [0.29, 0.717) is 0 Å². The molecule has 1 aromatic rings. The van der Waals surface area contributed by atoms with Gasteiger partial charge in [0.15, 0.2) is 0 Å². The molecule has 1 rings (SSSR count). The molecule has 4 heteroatoms. The number of aryl methyl sites for hydroxylation is 2. The van der Waals surface area contributed by atoms with E-state index in [4.69, 9.17) is 0 Å². The summed E-state index contributed by atoms with van der Waals surface area (Å²) in [6.45, 7) is 9.73. The second-order valence-electron chi connectivity index (χ2n) is 5.38. The Hall–Kier alpha value is -0.870. The smallest absolute Gasteiger partial charge is 0.0675 e. The van der Waals surface area contributed by atoms with E-state index in [1.54, 1.807) is 0 Å². The maximum atomic E-state index is 4.35. The van der Waals surface area contributed by atoms with Gasteiger partial charge in [-0.25, -0.2) is 0 Å². The van der Waals surface area contributed by atoms with Gasteiger partial charge < -0.3 is 10.2 Å². The molecule has 0 aliphatic heterocycles. The van der Waals surface area contributed by atoms with Crippen LogP contribution in [0.3, 0.4) is 0 Å². The molecule has 0 aliphatic rings. The van der Waals surface area contributed by atoms with Gasteiger partial charge in [0.1, 0.15) is 0 Å². The van der Waals surface area contributed by atoms with Crippen molar-refractivity contribution in [3.63, 3.8) is 0 Å². The molecule has 0 saturated heterocycles. The molecule has 0 aromatic carbocycles. The largest absolute Gasteiger partial charge is 0.307 e. The monoisotopic (exact) mass is 238 g/mol. The molecule has 0 radical (unpaired) electrons. The molecular weight excluding hydrogens is 212 g/mol. The van der Waals surface area contributed by atoms with Crippen LogP contribution in [0.1, 0.15) is 38.1 Å². The summed E-state index contributed by atoms with van der Waals surface area (Å²) in [5.74, 6) is 0.